The fourth-order valence-electron chi connectivity index (χ4n) is 2.20. The summed E-state index contributed by atoms with van der Waals surface area (Å²) in [5, 5.41) is 14.7. The van der Waals surface area contributed by atoms with E-state index in [2.05, 4.69) is 44.5 Å². The zero-order valence-corrected chi connectivity index (χ0v) is 15.1. The molecule has 2 rings (SSSR count). The van der Waals surface area contributed by atoms with E-state index in [0.29, 0.717) is 13.1 Å². The average molecular weight is 342 g/mol. The molecule has 0 saturated heterocycles. The number of aryl methyl sites for hydroxylation is 1. The molecule has 1 aromatic carbocycles. The lowest BCUT2D eigenvalue weighted by atomic mass is 10.1. The number of nitrogens with one attached hydrogen (secondary N) is 2. The molecule has 7 nitrogen and oxygen atoms in total. The number of aromatic nitrogens is 3. The molecule has 0 amide bonds. The van der Waals surface area contributed by atoms with Gasteiger partial charge in [0.25, 0.3) is 0 Å². The Morgan fingerprint density at radius 2 is 2.04 bits per heavy atom. The predicted molar refractivity (Wildman–Crippen MR) is 99.8 cm³/mol. The maximum absolute atomic E-state index is 5.17. The van der Waals surface area contributed by atoms with Gasteiger partial charge in [0.15, 0.2) is 11.8 Å². The summed E-state index contributed by atoms with van der Waals surface area (Å²) in [4.78, 5) is 4.57. The average Bonchev–Trinajstić information content (AvgIpc) is 2.96. The Bertz CT molecular complexity index is 705. The summed E-state index contributed by atoms with van der Waals surface area (Å²) >= 11 is 0. The molecule has 0 fully saturated rings. The normalized spacial score (nSPS) is 11.2. The minimum atomic E-state index is 0.465. The van der Waals surface area contributed by atoms with E-state index < -0.39 is 0 Å². The summed E-state index contributed by atoms with van der Waals surface area (Å²) in [6.07, 6.45) is 2.69. The third-order valence-electron chi connectivity index (χ3n) is 3.84. The van der Waals surface area contributed by atoms with Gasteiger partial charge in [-0.05, 0) is 31.0 Å². The summed E-state index contributed by atoms with van der Waals surface area (Å²) in [5.74, 6) is 3.30. The van der Waals surface area contributed by atoms with Crippen molar-refractivity contribution in [2.75, 3.05) is 20.2 Å². The van der Waals surface area contributed by atoms with Crippen LogP contribution in [-0.4, -0.2) is 40.9 Å². The molecule has 0 bridgehead atoms. The largest absolute Gasteiger partial charge is 0.497 e. The maximum atomic E-state index is 5.17. The highest BCUT2D eigenvalue weighted by Crippen LogP contribution is 2.11. The number of rotatable bonds is 8. The first-order valence-electron chi connectivity index (χ1n) is 8.25. The molecule has 0 saturated carbocycles. The lowest BCUT2D eigenvalue weighted by molar-refractivity contribution is 0.414. The quantitative estimate of drug-likeness (QED) is 0.433. The zero-order chi connectivity index (χ0) is 18.1. The topological polar surface area (TPSA) is 76.4 Å². The molecule has 25 heavy (non-hydrogen) atoms. The Hall–Kier alpha value is -2.83. The summed E-state index contributed by atoms with van der Waals surface area (Å²) in [7, 11) is 3.61. The predicted octanol–water partition coefficient (Wildman–Crippen LogP) is 1.60. The number of hydrogen-bond acceptors (Lipinski definition) is 4. The van der Waals surface area contributed by atoms with Gasteiger partial charge in [-0.1, -0.05) is 18.2 Å². The van der Waals surface area contributed by atoms with Crippen molar-refractivity contribution in [2.45, 2.75) is 19.9 Å². The van der Waals surface area contributed by atoms with E-state index in [1.165, 1.54) is 5.56 Å². The molecule has 0 aliphatic rings. The van der Waals surface area contributed by atoms with Gasteiger partial charge in [0, 0.05) is 20.1 Å². The second kappa shape index (κ2) is 9.46. The van der Waals surface area contributed by atoms with Gasteiger partial charge in [-0.2, -0.15) is 0 Å². The summed E-state index contributed by atoms with van der Waals surface area (Å²) in [5.41, 5.74) is 1.24. The van der Waals surface area contributed by atoms with Gasteiger partial charge in [0.05, 0.1) is 7.11 Å². The third-order valence-corrected chi connectivity index (χ3v) is 3.84. The number of methoxy groups -OCH3 is 1. The van der Waals surface area contributed by atoms with Gasteiger partial charge in [0.1, 0.15) is 18.1 Å². The van der Waals surface area contributed by atoms with Crippen molar-refractivity contribution in [1.82, 2.24) is 25.4 Å². The summed E-state index contributed by atoms with van der Waals surface area (Å²) in [6.45, 7) is 7.53. The van der Waals surface area contributed by atoms with E-state index in [-0.39, 0.29) is 0 Å². The lowest BCUT2D eigenvalue weighted by Gasteiger charge is -2.11. The van der Waals surface area contributed by atoms with Gasteiger partial charge in [-0.25, -0.2) is 4.99 Å². The number of ether oxygens (including phenoxy) is 1. The molecule has 0 unspecified atom stereocenters. The second-order valence-corrected chi connectivity index (χ2v) is 5.58. The lowest BCUT2D eigenvalue weighted by Crippen LogP contribution is -2.38. The Morgan fingerprint density at radius 3 is 2.64 bits per heavy atom. The first-order valence-corrected chi connectivity index (χ1v) is 8.25. The minimum Gasteiger partial charge on any atom is -0.497 e. The van der Waals surface area contributed by atoms with Gasteiger partial charge in [0.2, 0.25) is 0 Å². The first kappa shape index (κ1) is 18.5. The van der Waals surface area contributed by atoms with Crippen molar-refractivity contribution in [2.24, 2.45) is 12.0 Å². The summed E-state index contributed by atoms with van der Waals surface area (Å²) in [6, 6.07) is 8.07. The van der Waals surface area contributed by atoms with Crippen molar-refractivity contribution in [1.29, 1.82) is 0 Å². The molecule has 7 heteroatoms. The smallest absolute Gasteiger partial charge is 0.191 e. The SMILES string of the molecule is C=CCNC(=NCc1nnc(C)n1C)NCCc1ccc(OC)cc1. The highest BCUT2D eigenvalue weighted by molar-refractivity contribution is 5.79. The molecule has 2 aromatic rings. The molecule has 0 radical (unpaired) electrons. The number of benzene rings is 1. The van der Waals surface area contributed by atoms with E-state index in [0.717, 1.165) is 36.3 Å². The molecule has 0 aliphatic heterocycles. The van der Waals surface area contributed by atoms with Gasteiger partial charge in [-0.15, -0.1) is 16.8 Å². The van der Waals surface area contributed by atoms with Crippen LogP contribution < -0.4 is 15.4 Å². The highest BCUT2D eigenvalue weighted by Gasteiger charge is 2.05. The van der Waals surface area contributed by atoms with E-state index in [4.69, 9.17) is 4.74 Å². The van der Waals surface area contributed by atoms with Crippen LogP contribution in [-0.2, 0) is 20.0 Å². The van der Waals surface area contributed by atoms with Crippen molar-refractivity contribution in [3.8, 4) is 5.75 Å². The van der Waals surface area contributed by atoms with E-state index in [1.54, 1.807) is 13.2 Å². The van der Waals surface area contributed by atoms with E-state index >= 15 is 0 Å². The number of aliphatic imine (C=N–C) groups is 1. The van der Waals surface area contributed by atoms with Crippen LogP contribution in [0.5, 0.6) is 5.75 Å². The first-order chi connectivity index (χ1) is 12.1. The van der Waals surface area contributed by atoms with Gasteiger partial charge >= 0.3 is 0 Å². The van der Waals surface area contributed by atoms with Crippen LogP contribution in [0.2, 0.25) is 0 Å². The van der Waals surface area contributed by atoms with Crippen molar-refractivity contribution < 1.29 is 4.74 Å². The fourth-order valence-corrected chi connectivity index (χ4v) is 2.20. The van der Waals surface area contributed by atoms with Crippen LogP contribution in [0.25, 0.3) is 0 Å². The van der Waals surface area contributed by atoms with Crippen LogP contribution >= 0.6 is 0 Å². The molecule has 1 heterocycles. The molecular formula is C18H26N6O. The maximum Gasteiger partial charge on any atom is 0.191 e. The van der Waals surface area contributed by atoms with E-state index in [9.17, 15) is 0 Å². The van der Waals surface area contributed by atoms with Gasteiger partial charge in [-0.3, -0.25) is 0 Å². The van der Waals surface area contributed by atoms with Crippen LogP contribution in [0.3, 0.4) is 0 Å². The Balaban J connectivity index is 1.90. The molecule has 0 aliphatic carbocycles. The molecule has 2 N–H and O–H groups in total. The highest BCUT2D eigenvalue weighted by atomic mass is 16.5. The molecule has 134 valence electrons. The van der Waals surface area contributed by atoms with Crippen molar-refractivity contribution in [3.63, 3.8) is 0 Å². The fraction of sp³-hybridized carbons (Fsp3) is 0.389. The van der Waals surface area contributed by atoms with Crippen molar-refractivity contribution >= 4 is 5.96 Å². The van der Waals surface area contributed by atoms with Crippen LogP contribution in [0.4, 0.5) is 0 Å². The Morgan fingerprint density at radius 1 is 1.28 bits per heavy atom. The Labute approximate surface area is 148 Å². The minimum absolute atomic E-state index is 0.465. The Kier molecular flexibility index (Phi) is 7.00. The third kappa shape index (κ3) is 5.63. The number of guanidine groups is 1. The monoisotopic (exact) mass is 342 g/mol. The van der Waals surface area contributed by atoms with Crippen LogP contribution in [0.1, 0.15) is 17.2 Å². The zero-order valence-electron chi connectivity index (χ0n) is 15.1. The second-order valence-electron chi connectivity index (χ2n) is 5.58. The molecular weight excluding hydrogens is 316 g/mol. The van der Waals surface area contributed by atoms with Gasteiger partial charge < -0.3 is 19.9 Å². The molecule has 1 aromatic heterocycles. The summed E-state index contributed by atoms with van der Waals surface area (Å²) < 4.78 is 7.11. The van der Waals surface area contributed by atoms with Crippen molar-refractivity contribution in [3.05, 3.63) is 54.1 Å². The molecule has 0 atom stereocenters. The standard InChI is InChI=1S/C18H26N6O/c1-5-11-19-18(21-13-17-23-22-14(2)24(17)3)20-12-10-15-6-8-16(25-4)9-7-15/h5-9H,1,10-13H2,2-4H3,(H2,19,20,21). The number of hydrogen-bond donors (Lipinski definition) is 2. The van der Waals surface area contributed by atoms with Crippen LogP contribution in [0, 0.1) is 6.92 Å². The number of nitrogens with zero attached hydrogens (tertiary/aromatic N) is 4. The van der Waals surface area contributed by atoms with Crippen LogP contribution in [0.15, 0.2) is 41.9 Å². The van der Waals surface area contributed by atoms with E-state index in [1.807, 2.05) is 30.7 Å². The molecule has 0 spiro atoms.